The maximum Gasteiger partial charge on any atom is 0.338 e. The highest BCUT2D eigenvalue weighted by molar-refractivity contribution is 14.1. The van der Waals surface area contributed by atoms with Gasteiger partial charge < -0.3 is 18.8 Å². The SMILES string of the molecule is CCOC(=O)C1=C(C)N=c2s/c(=C/c3cc(C)n(-c4ccc(C)c(I)c4)c3C)c(=O)n2[C@H]1c1ccc(OC)c(OC)c1. The minimum Gasteiger partial charge on any atom is -0.493 e. The van der Waals surface area contributed by atoms with Gasteiger partial charge in [-0.05, 0) is 110 Å². The Morgan fingerprint density at radius 3 is 2.45 bits per heavy atom. The van der Waals surface area contributed by atoms with E-state index >= 15 is 0 Å². The smallest absolute Gasteiger partial charge is 0.338 e. The van der Waals surface area contributed by atoms with Gasteiger partial charge in [0.15, 0.2) is 16.3 Å². The van der Waals surface area contributed by atoms with Crippen LogP contribution in [0, 0.1) is 24.3 Å². The molecule has 1 atom stereocenters. The number of rotatable bonds is 7. The zero-order valence-corrected chi connectivity index (χ0v) is 27.5. The fourth-order valence-corrected chi connectivity index (χ4v) is 6.86. The van der Waals surface area contributed by atoms with E-state index in [0.717, 1.165) is 22.6 Å². The number of aryl methyl sites for hydroxylation is 2. The molecule has 1 aliphatic heterocycles. The van der Waals surface area contributed by atoms with Gasteiger partial charge >= 0.3 is 5.97 Å². The van der Waals surface area contributed by atoms with Crippen LogP contribution in [0.15, 0.2) is 63.5 Å². The molecule has 0 saturated heterocycles. The predicted molar refractivity (Wildman–Crippen MR) is 173 cm³/mol. The molecule has 42 heavy (non-hydrogen) atoms. The maximum atomic E-state index is 14.1. The molecule has 2 aromatic heterocycles. The number of allylic oxidation sites excluding steroid dienone is 1. The van der Waals surface area contributed by atoms with Crippen molar-refractivity contribution in [2.75, 3.05) is 20.8 Å². The molecule has 0 fully saturated rings. The molecule has 2 aromatic carbocycles. The van der Waals surface area contributed by atoms with Crippen LogP contribution >= 0.6 is 33.9 Å². The first kappa shape index (κ1) is 29.8. The van der Waals surface area contributed by atoms with Crippen molar-refractivity contribution in [3.63, 3.8) is 0 Å². The number of fused-ring (bicyclic) bond motifs is 1. The van der Waals surface area contributed by atoms with Crippen molar-refractivity contribution in [1.29, 1.82) is 0 Å². The first-order valence-electron chi connectivity index (χ1n) is 13.5. The van der Waals surface area contributed by atoms with E-state index in [1.54, 1.807) is 44.8 Å². The molecule has 0 radical (unpaired) electrons. The lowest BCUT2D eigenvalue weighted by molar-refractivity contribution is -0.139. The molecule has 0 saturated carbocycles. The van der Waals surface area contributed by atoms with Gasteiger partial charge in [-0.1, -0.05) is 23.5 Å². The number of thiazole rings is 1. The Morgan fingerprint density at radius 2 is 1.79 bits per heavy atom. The van der Waals surface area contributed by atoms with Gasteiger partial charge in [0.1, 0.15) is 0 Å². The molecule has 3 heterocycles. The van der Waals surface area contributed by atoms with E-state index in [1.165, 1.54) is 20.5 Å². The maximum absolute atomic E-state index is 14.1. The first-order valence-corrected chi connectivity index (χ1v) is 15.4. The third-order valence-electron chi connectivity index (χ3n) is 7.41. The van der Waals surface area contributed by atoms with Crippen molar-refractivity contribution in [2.45, 2.75) is 40.7 Å². The number of carbonyl (C=O) groups is 1. The summed E-state index contributed by atoms with van der Waals surface area (Å²) in [5, 5.41) is 0. The second-order valence-electron chi connectivity index (χ2n) is 10.0. The topological polar surface area (TPSA) is 84.1 Å². The Balaban J connectivity index is 1.70. The van der Waals surface area contributed by atoms with Crippen LogP contribution < -0.4 is 24.4 Å². The Hall–Kier alpha value is -3.64. The number of ether oxygens (including phenoxy) is 3. The monoisotopic (exact) mass is 697 g/mol. The minimum atomic E-state index is -0.746. The lowest BCUT2D eigenvalue weighted by Crippen LogP contribution is -2.40. The molecule has 0 spiro atoms. The van der Waals surface area contributed by atoms with E-state index in [4.69, 9.17) is 19.2 Å². The van der Waals surface area contributed by atoms with E-state index < -0.39 is 12.0 Å². The normalized spacial score (nSPS) is 15.0. The van der Waals surface area contributed by atoms with Crippen molar-refractivity contribution >= 4 is 46.0 Å². The van der Waals surface area contributed by atoms with E-state index in [1.807, 2.05) is 12.1 Å². The Bertz CT molecular complexity index is 1930. The number of hydrogen-bond donors (Lipinski definition) is 0. The van der Waals surface area contributed by atoms with Crippen LogP contribution in [0.1, 0.15) is 48.0 Å². The number of methoxy groups -OCH3 is 2. The molecule has 0 aliphatic carbocycles. The van der Waals surface area contributed by atoms with Crippen LogP contribution in [0.3, 0.4) is 0 Å². The Labute approximate surface area is 261 Å². The van der Waals surface area contributed by atoms with E-state index in [-0.39, 0.29) is 12.2 Å². The second-order valence-corrected chi connectivity index (χ2v) is 12.2. The van der Waals surface area contributed by atoms with E-state index in [9.17, 15) is 9.59 Å². The lowest BCUT2D eigenvalue weighted by atomic mass is 9.95. The van der Waals surface area contributed by atoms with Gasteiger partial charge in [0, 0.05) is 20.6 Å². The van der Waals surface area contributed by atoms with Crippen LogP contribution in [0.25, 0.3) is 11.8 Å². The van der Waals surface area contributed by atoms with E-state index in [2.05, 4.69) is 72.2 Å². The summed E-state index contributed by atoms with van der Waals surface area (Å²) in [6, 6.07) is 13.1. The molecule has 218 valence electrons. The molecule has 0 bridgehead atoms. The number of esters is 1. The first-order chi connectivity index (χ1) is 20.1. The number of carbonyl (C=O) groups excluding carboxylic acids is 1. The summed E-state index contributed by atoms with van der Waals surface area (Å²) >= 11 is 3.66. The van der Waals surface area contributed by atoms with Crippen molar-refractivity contribution in [3.05, 3.63) is 105 Å². The Morgan fingerprint density at radius 1 is 1.05 bits per heavy atom. The number of hydrogen-bond acceptors (Lipinski definition) is 7. The fraction of sp³-hybridized carbons (Fsp3) is 0.281. The van der Waals surface area contributed by atoms with Gasteiger partial charge in [-0.2, -0.15) is 0 Å². The highest BCUT2D eigenvalue weighted by Gasteiger charge is 2.34. The summed E-state index contributed by atoms with van der Waals surface area (Å²) in [5.74, 6) is 0.531. The molecule has 1 aliphatic rings. The summed E-state index contributed by atoms with van der Waals surface area (Å²) in [6.07, 6.45) is 1.91. The quantitative estimate of drug-likeness (QED) is 0.198. The third kappa shape index (κ3) is 5.22. The van der Waals surface area contributed by atoms with Crippen LogP contribution in [-0.2, 0) is 9.53 Å². The number of nitrogens with zero attached hydrogens (tertiary/aromatic N) is 3. The van der Waals surface area contributed by atoms with Crippen molar-refractivity contribution in [2.24, 2.45) is 4.99 Å². The summed E-state index contributed by atoms with van der Waals surface area (Å²) in [6.45, 7) is 9.93. The minimum absolute atomic E-state index is 0.203. The average molecular weight is 698 g/mol. The summed E-state index contributed by atoms with van der Waals surface area (Å²) in [7, 11) is 3.11. The van der Waals surface area contributed by atoms with Crippen molar-refractivity contribution in [3.8, 4) is 17.2 Å². The van der Waals surface area contributed by atoms with Gasteiger partial charge in [0.05, 0.1) is 42.7 Å². The molecule has 0 unspecified atom stereocenters. The lowest BCUT2D eigenvalue weighted by Gasteiger charge is -2.25. The number of halogens is 1. The van der Waals surface area contributed by atoms with Gasteiger partial charge in [0.2, 0.25) is 0 Å². The zero-order valence-electron chi connectivity index (χ0n) is 24.6. The van der Waals surface area contributed by atoms with Crippen LogP contribution in [0.5, 0.6) is 11.5 Å². The number of aromatic nitrogens is 2. The van der Waals surface area contributed by atoms with E-state index in [0.29, 0.717) is 37.7 Å². The molecule has 8 nitrogen and oxygen atoms in total. The molecule has 0 N–H and O–H groups in total. The van der Waals surface area contributed by atoms with Crippen molar-refractivity contribution < 1.29 is 19.0 Å². The van der Waals surface area contributed by atoms with Gasteiger partial charge in [0.25, 0.3) is 5.56 Å². The molecule has 0 amide bonds. The highest BCUT2D eigenvalue weighted by Crippen LogP contribution is 2.36. The summed E-state index contributed by atoms with van der Waals surface area (Å²) < 4.78 is 21.9. The molecular formula is C32H32IN3O5S. The fourth-order valence-electron chi connectivity index (χ4n) is 5.32. The predicted octanol–water partition coefficient (Wildman–Crippen LogP) is 5.14. The molecule has 5 rings (SSSR count). The van der Waals surface area contributed by atoms with Crippen molar-refractivity contribution in [1.82, 2.24) is 9.13 Å². The van der Waals surface area contributed by atoms with Gasteiger partial charge in [-0.15, -0.1) is 0 Å². The standard InChI is InChI=1S/C32H32IN3O5S/c1-8-41-31(38)28-19(4)34-32-36(29(28)21-10-12-25(39-6)26(14-21)40-7)30(37)27(42-32)15-22-13-18(3)35(20(22)5)23-11-9-17(2)24(33)16-23/h9-16,29H,8H2,1-7H3/b27-15+/t29-/m0/s1. The van der Waals surface area contributed by atoms with Gasteiger partial charge in [-0.25, -0.2) is 9.79 Å². The average Bonchev–Trinajstić information content (AvgIpc) is 3.42. The summed E-state index contributed by atoms with van der Waals surface area (Å²) in [4.78, 5) is 32.6. The zero-order chi connectivity index (χ0) is 30.3. The highest BCUT2D eigenvalue weighted by atomic mass is 127. The van der Waals surface area contributed by atoms with Crippen LogP contribution in [0.4, 0.5) is 0 Å². The Kier molecular flexibility index (Phi) is 8.47. The number of benzene rings is 2. The second kappa shape index (κ2) is 11.9. The third-order valence-corrected chi connectivity index (χ3v) is 9.56. The largest absolute Gasteiger partial charge is 0.493 e. The van der Waals surface area contributed by atoms with Crippen LogP contribution in [-0.4, -0.2) is 35.9 Å². The van der Waals surface area contributed by atoms with Gasteiger partial charge in [-0.3, -0.25) is 9.36 Å². The summed E-state index contributed by atoms with van der Waals surface area (Å²) in [5.41, 5.74) is 6.61. The molecule has 10 heteroatoms. The van der Waals surface area contributed by atoms with Crippen LogP contribution in [0.2, 0.25) is 0 Å². The molecule has 4 aromatic rings. The molecular weight excluding hydrogens is 665 g/mol.